The molecular weight excluding hydrogens is 194 g/mol. The van der Waals surface area contributed by atoms with Crippen LogP contribution in [0.15, 0.2) is 41.2 Å². The van der Waals surface area contributed by atoms with Crippen molar-refractivity contribution in [2.75, 3.05) is 5.73 Å². The Kier molecular flexibility index (Phi) is 2.13. The SMILES string of the molecule is Nc1nn(-c2ccccc2)c(=O)cc1O. The highest BCUT2D eigenvalue weighted by molar-refractivity contribution is 5.44. The first-order valence-corrected chi connectivity index (χ1v) is 4.33. The van der Waals surface area contributed by atoms with Crippen molar-refractivity contribution in [1.29, 1.82) is 0 Å². The Morgan fingerprint density at radius 2 is 1.93 bits per heavy atom. The molecule has 1 heterocycles. The summed E-state index contributed by atoms with van der Waals surface area (Å²) in [7, 11) is 0. The summed E-state index contributed by atoms with van der Waals surface area (Å²) in [5, 5.41) is 12.9. The van der Waals surface area contributed by atoms with E-state index in [1.54, 1.807) is 24.3 Å². The van der Waals surface area contributed by atoms with Crippen molar-refractivity contribution in [3.05, 3.63) is 46.8 Å². The number of rotatable bonds is 1. The number of para-hydroxylation sites is 1. The zero-order valence-electron chi connectivity index (χ0n) is 7.79. The summed E-state index contributed by atoms with van der Waals surface area (Å²) in [6, 6.07) is 9.89. The second-order valence-corrected chi connectivity index (χ2v) is 3.00. The van der Waals surface area contributed by atoms with Crippen LogP contribution in [0.2, 0.25) is 0 Å². The van der Waals surface area contributed by atoms with Gasteiger partial charge in [-0.2, -0.15) is 4.68 Å². The highest BCUT2D eigenvalue weighted by atomic mass is 16.3. The average Bonchev–Trinajstić information content (AvgIpc) is 2.25. The molecule has 0 saturated heterocycles. The number of hydrogen-bond donors (Lipinski definition) is 2. The number of nitrogens with two attached hydrogens (primary N) is 1. The van der Waals surface area contributed by atoms with E-state index in [9.17, 15) is 9.90 Å². The number of aromatic nitrogens is 2. The van der Waals surface area contributed by atoms with Crippen molar-refractivity contribution in [3.8, 4) is 11.4 Å². The molecule has 0 aliphatic carbocycles. The van der Waals surface area contributed by atoms with Crippen molar-refractivity contribution in [2.24, 2.45) is 0 Å². The molecule has 1 aromatic carbocycles. The van der Waals surface area contributed by atoms with Crippen LogP contribution >= 0.6 is 0 Å². The minimum atomic E-state index is -0.423. The Morgan fingerprint density at radius 1 is 1.27 bits per heavy atom. The molecule has 76 valence electrons. The molecule has 0 radical (unpaired) electrons. The van der Waals surface area contributed by atoms with Gasteiger partial charge in [0.1, 0.15) is 0 Å². The summed E-state index contributed by atoms with van der Waals surface area (Å²) < 4.78 is 1.13. The zero-order valence-corrected chi connectivity index (χ0v) is 7.79. The second-order valence-electron chi connectivity index (χ2n) is 3.00. The van der Waals surface area contributed by atoms with Crippen molar-refractivity contribution >= 4 is 5.82 Å². The van der Waals surface area contributed by atoms with Gasteiger partial charge in [0, 0.05) is 0 Å². The number of benzene rings is 1. The minimum Gasteiger partial charge on any atom is -0.504 e. The molecular formula is C10H9N3O2. The Balaban J connectivity index is 2.65. The van der Waals surface area contributed by atoms with Crippen LogP contribution in [0.3, 0.4) is 0 Å². The van der Waals surface area contributed by atoms with Gasteiger partial charge in [-0.25, -0.2) is 0 Å². The highest BCUT2D eigenvalue weighted by Crippen LogP contribution is 2.13. The normalized spacial score (nSPS) is 10.1. The lowest BCUT2D eigenvalue weighted by molar-refractivity contribution is 0.471. The van der Waals surface area contributed by atoms with Gasteiger partial charge in [0.05, 0.1) is 11.8 Å². The summed E-state index contributed by atoms with van der Waals surface area (Å²) in [6.07, 6.45) is 0. The summed E-state index contributed by atoms with van der Waals surface area (Å²) in [4.78, 5) is 11.5. The van der Waals surface area contributed by atoms with Gasteiger partial charge in [0.2, 0.25) is 0 Å². The molecule has 0 fully saturated rings. The molecule has 0 spiro atoms. The Hall–Kier alpha value is -2.30. The number of aromatic hydroxyl groups is 1. The molecule has 0 aliphatic rings. The molecule has 0 aliphatic heterocycles. The lowest BCUT2D eigenvalue weighted by atomic mass is 10.3. The van der Waals surface area contributed by atoms with E-state index in [0.717, 1.165) is 10.7 Å². The summed E-state index contributed by atoms with van der Waals surface area (Å²) in [5.74, 6) is -0.370. The van der Waals surface area contributed by atoms with Crippen LogP contribution in [0.25, 0.3) is 5.69 Å². The van der Waals surface area contributed by atoms with E-state index in [2.05, 4.69) is 5.10 Å². The second kappa shape index (κ2) is 3.45. The first-order chi connectivity index (χ1) is 7.18. The minimum absolute atomic E-state index is 0.0709. The van der Waals surface area contributed by atoms with Gasteiger partial charge < -0.3 is 10.8 Å². The molecule has 3 N–H and O–H groups in total. The first-order valence-electron chi connectivity index (χ1n) is 4.33. The standard InChI is InChI=1S/C10H9N3O2/c11-10-8(14)6-9(15)13(12-10)7-4-2-1-3-5-7/h1-6,14H,(H2,11,12). The quantitative estimate of drug-likeness (QED) is 0.708. The lowest BCUT2D eigenvalue weighted by Crippen LogP contribution is -2.21. The number of nitrogen functional groups attached to an aromatic ring is 1. The molecule has 0 unspecified atom stereocenters. The fraction of sp³-hybridized carbons (Fsp3) is 0. The summed E-state index contributed by atoms with van der Waals surface area (Å²) in [6.45, 7) is 0. The van der Waals surface area contributed by atoms with E-state index in [-0.39, 0.29) is 11.6 Å². The van der Waals surface area contributed by atoms with Crippen molar-refractivity contribution < 1.29 is 5.11 Å². The van der Waals surface area contributed by atoms with Gasteiger partial charge in [0.15, 0.2) is 11.6 Å². The average molecular weight is 203 g/mol. The largest absolute Gasteiger partial charge is 0.504 e. The smallest absolute Gasteiger partial charge is 0.275 e. The predicted octanol–water partition coefficient (Wildman–Crippen LogP) is 0.520. The molecule has 0 saturated carbocycles. The lowest BCUT2D eigenvalue weighted by Gasteiger charge is -2.05. The predicted molar refractivity (Wildman–Crippen MR) is 55.9 cm³/mol. The molecule has 2 aromatic rings. The topological polar surface area (TPSA) is 81.1 Å². The maximum atomic E-state index is 11.5. The van der Waals surface area contributed by atoms with Gasteiger partial charge in [0.25, 0.3) is 5.56 Å². The van der Waals surface area contributed by atoms with Crippen LogP contribution in [-0.2, 0) is 0 Å². The van der Waals surface area contributed by atoms with Crippen LogP contribution < -0.4 is 11.3 Å². The Bertz CT molecular complexity index is 534. The molecule has 1 aromatic heterocycles. The zero-order chi connectivity index (χ0) is 10.8. The van der Waals surface area contributed by atoms with Crippen molar-refractivity contribution in [1.82, 2.24) is 9.78 Å². The van der Waals surface area contributed by atoms with Crippen molar-refractivity contribution in [3.63, 3.8) is 0 Å². The Labute approximate surface area is 85.4 Å². The van der Waals surface area contributed by atoms with Gasteiger partial charge in [-0.15, -0.1) is 5.10 Å². The van der Waals surface area contributed by atoms with E-state index in [1.807, 2.05) is 6.07 Å². The molecule has 2 rings (SSSR count). The number of hydrogen-bond acceptors (Lipinski definition) is 4. The van der Waals surface area contributed by atoms with Gasteiger partial charge in [-0.1, -0.05) is 18.2 Å². The highest BCUT2D eigenvalue weighted by Gasteiger charge is 2.05. The Morgan fingerprint density at radius 3 is 2.60 bits per heavy atom. The third kappa shape index (κ3) is 1.67. The number of anilines is 1. The van der Waals surface area contributed by atoms with E-state index < -0.39 is 5.56 Å². The third-order valence-electron chi connectivity index (χ3n) is 1.94. The fourth-order valence-electron chi connectivity index (χ4n) is 1.21. The van der Waals surface area contributed by atoms with Crippen LogP contribution in [0, 0.1) is 0 Å². The molecule has 0 amide bonds. The maximum absolute atomic E-state index is 11.5. The number of nitrogens with zero attached hydrogens (tertiary/aromatic N) is 2. The van der Waals surface area contributed by atoms with Crippen LogP contribution in [0.4, 0.5) is 5.82 Å². The van der Waals surface area contributed by atoms with Gasteiger partial charge in [-0.3, -0.25) is 4.79 Å². The van der Waals surface area contributed by atoms with Crippen molar-refractivity contribution in [2.45, 2.75) is 0 Å². The molecule has 5 nitrogen and oxygen atoms in total. The molecule has 15 heavy (non-hydrogen) atoms. The monoisotopic (exact) mass is 203 g/mol. The van der Waals surface area contributed by atoms with E-state index in [1.165, 1.54) is 0 Å². The van der Waals surface area contributed by atoms with Crippen LogP contribution in [0.1, 0.15) is 0 Å². The van der Waals surface area contributed by atoms with Gasteiger partial charge >= 0.3 is 0 Å². The molecule has 0 bridgehead atoms. The van der Waals surface area contributed by atoms with Crippen LogP contribution in [0.5, 0.6) is 5.75 Å². The molecule has 5 heteroatoms. The van der Waals surface area contributed by atoms with Gasteiger partial charge in [-0.05, 0) is 12.1 Å². The fourth-order valence-corrected chi connectivity index (χ4v) is 1.21. The van der Waals surface area contributed by atoms with E-state index in [0.29, 0.717) is 5.69 Å². The first kappa shape index (κ1) is 9.26. The molecule has 0 atom stereocenters. The van der Waals surface area contributed by atoms with E-state index in [4.69, 9.17) is 5.73 Å². The summed E-state index contributed by atoms with van der Waals surface area (Å²) >= 11 is 0. The maximum Gasteiger partial charge on any atom is 0.275 e. The third-order valence-corrected chi connectivity index (χ3v) is 1.94. The van der Waals surface area contributed by atoms with Crippen LogP contribution in [-0.4, -0.2) is 14.9 Å². The van der Waals surface area contributed by atoms with E-state index >= 15 is 0 Å². The summed E-state index contributed by atoms with van der Waals surface area (Å²) in [5.41, 5.74) is 5.59.